The molecular formula is C11H20ClNO3. The van der Waals surface area contributed by atoms with Crippen LogP contribution in [0, 0.1) is 0 Å². The van der Waals surface area contributed by atoms with E-state index in [0.29, 0.717) is 25.6 Å². The van der Waals surface area contributed by atoms with Gasteiger partial charge in [0.25, 0.3) is 0 Å². The smallest absolute Gasteiger partial charge is 0.248 e. The maximum Gasteiger partial charge on any atom is 0.248 e. The van der Waals surface area contributed by atoms with Crippen molar-refractivity contribution >= 4 is 17.5 Å². The van der Waals surface area contributed by atoms with E-state index in [1.807, 2.05) is 13.8 Å². The molecular weight excluding hydrogens is 230 g/mol. The molecule has 94 valence electrons. The molecule has 1 rings (SSSR count). The number of hydrogen-bond acceptors (Lipinski definition) is 3. The highest BCUT2D eigenvalue weighted by atomic mass is 35.5. The van der Waals surface area contributed by atoms with Crippen LogP contribution in [0.2, 0.25) is 0 Å². The fourth-order valence-electron chi connectivity index (χ4n) is 1.65. The van der Waals surface area contributed by atoms with Crippen molar-refractivity contribution in [2.75, 3.05) is 32.2 Å². The van der Waals surface area contributed by atoms with E-state index < -0.39 is 0 Å². The SMILES string of the molecule is CCCOCC(=O)N1CC(CCl)OCC1C. The van der Waals surface area contributed by atoms with E-state index in [1.54, 1.807) is 4.90 Å². The molecule has 0 aromatic carbocycles. The molecule has 2 atom stereocenters. The van der Waals surface area contributed by atoms with E-state index in [9.17, 15) is 4.79 Å². The fraction of sp³-hybridized carbons (Fsp3) is 0.909. The third-order valence-corrected chi connectivity index (χ3v) is 2.92. The lowest BCUT2D eigenvalue weighted by molar-refractivity contribution is -0.147. The lowest BCUT2D eigenvalue weighted by atomic mass is 10.2. The highest BCUT2D eigenvalue weighted by molar-refractivity contribution is 6.18. The molecule has 5 heteroatoms. The summed E-state index contributed by atoms with van der Waals surface area (Å²) in [4.78, 5) is 13.6. The summed E-state index contributed by atoms with van der Waals surface area (Å²) in [6.45, 7) is 5.90. The molecule has 1 saturated heterocycles. The Hall–Kier alpha value is -0.320. The van der Waals surface area contributed by atoms with Crippen molar-refractivity contribution in [3.8, 4) is 0 Å². The van der Waals surface area contributed by atoms with Crippen molar-refractivity contribution in [3.63, 3.8) is 0 Å². The predicted molar refractivity (Wildman–Crippen MR) is 62.7 cm³/mol. The van der Waals surface area contributed by atoms with E-state index in [2.05, 4.69) is 0 Å². The number of carbonyl (C=O) groups is 1. The fourth-order valence-corrected chi connectivity index (χ4v) is 1.83. The van der Waals surface area contributed by atoms with Crippen molar-refractivity contribution in [2.24, 2.45) is 0 Å². The molecule has 4 nitrogen and oxygen atoms in total. The summed E-state index contributed by atoms with van der Waals surface area (Å²) in [5, 5.41) is 0. The lowest BCUT2D eigenvalue weighted by Gasteiger charge is -2.37. The zero-order valence-corrected chi connectivity index (χ0v) is 10.7. The first-order valence-electron chi connectivity index (χ1n) is 5.73. The van der Waals surface area contributed by atoms with Gasteiger partial charge in [0.1, 0.15) is 6.61 Å². The number of halogens is 1. The van der Waals surface area contributed by atoms with Gasteiger partial charge in [-0.2, -0.15) is 0 Å². The number of morpholine rings is 1. The average Bonchev–Trinajstić information content (AvgIpc) is 2.30. The number of hydrogen-bond donors (Lipinski definition) is 0. The van der Waals surface area contributed by atoms with Crippen LogP contribution in [0.5, 0.6) is 0 Å². The second-order valence-electron chi connectivity index (χ2n) is 4.06. The number of rotatable bonds is 5. The van der Waals surface area contributed by atoms with Gasteiger partial charge < -0.3 is 14.4 Å². The molecule has 2 unspecified atom stereocenters. The Morgan fingerprint density at radius 2 is 2.38 bits per heavy atom. The summed E-state index contributed by atoms with van der Waals surface area (Å²) in [5.74, 6) is 0.450. The number of nitrogens with zero attached hydrogens (tertiary/aromatic N) is 1. The molecule has 16 heavy (non-hydrogen) atoms. The second kappa shape index (κ2) is 7.09. The van der Waals surface area contributed by atoms with Gasteiger partial charge in [0.05, 0.1) is 24.6 Å². The summed E-state index contributed by atoms with van der Waals surface area (Å²) >= 11 is 5.73. The maximum absolute atomic E-state index is 11.8. The molecule has 1 fully saturated rings. The van der Waals surface area contributed by atoms with Crippen LogP contribution in [0.3, 0.4) is 0 Å². The summed E-state index contributed by atoms with van der Waals surface area (Å²) in [7, 11) is 0. The molecule has 0 N–H and O–H groups in total. The van der Waals surface area contributed by atoms with E-state index >= 15 is 0 Å². The Labute approximate surface area is 102 Å². The van der Waals surface area contributed by atoms with Crippen LogP contribution in [-0.4, -0.2) is 55.2 Å². The molecule has 0 aromatic heterocycles. The van der Waals surface area contributed by atoms with E-state index in [1.165, 1.54) is 0 Å². The van der Waals surface area contributed by atoms with Crippen LogP contribution in [0.15, 0.2) is 0 Å². The summed E-state index contributed by atoms with van der Waals surface area (Å²) in [5.41, 5.74) is 0. The molecule has 1 aliphatic rings. The van der Waals surface area contributed by atoms with Crippen LogP contribution in [-0.2, 0) is 14.3 Å². The van der Waals surface area contributed by atoms with Crippen molar-refractivity contribution in [1.29, 1.82) is 0 Å². The first-order valence-corrected chi connectivity index (χ1v) is 6.27. The number of alkyl halides is 1. The van der Waals surface area contributed by atoms with Crippen LogP contribution in [0.4, 0.5) is 0 Å². The normalized spacial score (nSPS) is 25.8. The summed E-state index contributed by atoms with van der Waals surface area (Å²) in [6, 6.07) is 0.109. The van der Waals surface area contributed by atoms with Crippen LogP contribution < -0.4 is 0 Å². The lowest BCUT2D eigenvalue weighted by Crippen LogP contribution is -2.52. The molecule has 1 amide bonds. The Morgan fingerprint density at radius 1 is 1.62 bits per heavy atom. The van der Waals surface area contributed by atoms with Gasteiger partial charge in [-0.3, -0.25) is 4.79 Å². The quantitative estimate of drug-likeness (QED) is 0.544. The first-order chi connectivity index (χ1) is 7.69. The topological polar surface area (TPSA) is 38.8 Å². The van der Waals surface area contributed by atoms with Crippen molar-refractivity contribution in [1.82, 2.24) is 4.90 Å². The number of amides is 1. The maximum atomic E-state index is 11.8. The van der Waals surface area contributed by atoms with Gasteiger partial charge >= 0.3 is 0 Å². The van der Waals surface area contributed by atoms with E-state index in [0.717, 1.165) is 6.42 Å². The van der Waals surface area contributed by atoms with Gasteiger partial charge in [0.15, 0.2) is 0 Å². The third-order valence-electron chi connectivity index (χ3n) is 2.57. The first kappa shape index (κ1) is 13.7. The van der Waals surface area contributed by atoms with Gasteiger partial charge in [-0.05, 0) is 13.3 Å². The Balaban J connectivity index is 2.39. The third kappa shape index (κ3) is 3.92. The van der Waals surface area contributed by atoms with E-state index in [-0.39, 0.29) is 24.7 Å². The van der Waals surface area contributed by atoms with E-state index in [4.69, 9.17) is 21.1 Å². The van der Waals surface area contributed by atoms with Gasteiger partial charge in [0, 0.05) is 13.2 Å². The predicted octanol–water partition coefficient (Wildman–Crippen LogP) is 1.27. The minimum atomic E-state index is -0.0482. The van der Waals surface area contributed by atoms with Crippen LogP contribution in [0.25, 0.3) is 0 Å². The van der Waals surface area contributed by atoms with Gasteiger partial charge in [-0.25, -0.2) is 0 Å². The number of carbonyl (C=O) groups excluding carboxylic acids is 1. The van der Waals surface area contributed by atoms with Gasteiger partial charge in [-0.1, -0.05) is 6.92 Å². The molecule has 1 aliphatic heterocycles. The highest BCUT2D eigenvalue weighted by Gasteiger charge is 2.28. The van der Waals surface area contributed by atoms with Gasteiger partial charge in [0.2, 0.25) is 5.91 Å². The van der Waals surface area contributed by atoms with Crippen molar-refractivity contribution in [2.45, 2.75) is 32.4 Å². The number of ether oxygens (including phenoxy) is 2. The molecule has 1 heterocycles. The highest BCUT2D eigenvalue weighted by Crippen LogP contribution is 2.13. The van der Waals surface area contributed by atoms with Crippen LogP contribution in [0.1, 0.15) is 20.3 Å². The minimum Gasteiger partial charge on any atom is -0.373 e. The summed E-state index contributed by atoms with van der Waals surface area (Å²) in [6.07, 6.45) is 0.879. The molecule has 0 spiro atoms. The largest absolute Gasteiger partial charge is 0.373 e. The Bertz CT molecular complexity index is 225. The molecule has 0 radical (unpaired) electrons. The zero-order chi connectivity index (χ0) is 12.0. The monoisotopic (exact) mass is 249 g/mol. The molecule has 0 aliphatic carbocycles. The zero-order valence-electron chi connectivity index (χ0n) is 9.95. The second-order valence-corrected chi connectivity index (χ2v) is 4.37. The molecule has 0 saturated carbocycles. The Kier molecular flexibility index (Phi) is 6.09. The average molecular weight is 250 g/mol. The van der Waals surface area contributed by atoms with Crippen molar-refractivity contribution < 1.29 is 14.3 Å². The molecule has 0 aromatic rings. The van der Waals surface area contributed by atoms with Crippen LogP contribution >= 0.6 is 11.6 Å². The standard InChI is InChI=1S/C11H20ClNO3/c1-3-4-15-8-11(14)13-6-10(5-12)16-7-9(13)2/h9-10H,3-8H2,1-2H3. The summed E-state index contributed by atoms with van der Waals surface area (Å²) < 4.78 is 10.7. The Morgan fingerprint density at radius 3 is 3.00 bits per heavy atom. The van der Waals surface area contributed by atoms with Crippen molar-refractivity contribution in [3.05, 3.63) is 0 Å². The minimum absolute atomic E-state index is 0.0272. The molecule has 0 bridgehead atoms. The van der Waals surface area contributed by atoms with Gasteiger partial charge in [-0.15, -0.1) is 11.6 Å².